The molecule has 0 aromatic carbocycles. The quantitative estimate of drug-likeness (QED) is 0.631. The van der Waals surface area contributed by atoms with Gasteiger partial charge in [0, 0.05) is 18.8 Å². The van der Waals surface area contributed by atoms with Crippen molar-refractivity contribution in [2.24, 2.45) is 15.8 Å². The Labute approximate surface area is 130 Å². The highest BCUT2D eigenvalue weighted by molar-refractivity contribution is 8.13. The molecule has 0 fully saturated rings. The maximum Gasteiger partial charge on any atom is 0.156 e. The summed E-state index contributed by atoms with van der Waals surface area (Å²) in [5.41, 5.74) is 0.828. The molecule has 0 bridgehead atoms. The van der Waals surface area contributed by atoms with E-state index in [9.17, 15) is 0 Å². The first-order chi connectivity index (χ1) is 9.47. The van der Waals surface area contributed by atoms with Crippen LogP contribution in [0, 0.1) is 10.8 Å². The topological polar surface area (TPSA) is 24.4 Å². The van der Waals surface area contributed by atoms with E-state index in [0.29, 0.717) is 10.8 Å². The minimum atomic E-state index is 0.377. The fourth-order valence-corrected chi connectivity index (χ4v) is 3.87. The average Bonchev–Trinajstić information content (AvgIpc) is 2.46. The van der Waals surface area contributed by atoms with Crippen LogP contribution in [0.1, 0.15) is 73.1 Å². The van der Waals surface area contributed by atoms with E-state index in [1.165, 1.54) is 49.4 Å². The van der Waals surface area contributed by atoms with Crippen LogP contribution in [0.25, 0.3) is 0 Å². The van der Waals surface area contributed by atoms with E-state index < -0.39 is 0 Å². The van der Waals surface area contributed by atoms with Gasteiger partial charge >= 0.3 is 0 Å². The Morgan fingerprint density at radius 1 is 1.20 bits per heavy atom. The van der Waals surface area contributed by atoms with Gasteiger partial charge in [-0.3, -0.25) is 4.99 Å². The normalized spacial score (nSPS) is 18.8. The Bertz CT molecular complexity index is 306. The van der Waals surface area contributed by atoms with Crippen molar-refractivity contribution < 1.29 is 0 Å². The van der Waals surface area contributed by atoms with Gasteiger partial charge in [0.05, 0.1) is 0 Å². The Kier molecular flexibility index (Phi) is 7.42. The minimum Gasteiger partial charge on any atom is -0.364 e. The number of hydrogen-bond donors (Lipinski definition) is 1. The molecule has 3 heteroatoms. The van der Waals surface area contributed by atoms with Crippen LogP contribution in [0.2, 0.25) is 0 Å². The summed E-state index contributed by atoms with van der Waals surface area (Å²) >= 11 is 1.93. The SMILES string of the molecule is CCCCCC(C)(C)CNC1=NCC(CC)(CC)CS1. The molecule has 1 aliphatic rings. The summed E-state index contributed by atoms with van der Waals surface area (Å²) in [6.45, 7) is 13.7. The molecule has 0 aromatic rings. The number of nitrogens with zero attached hydrogens (tertiary/aromatic N) is 1. The van der Waals surface area contributed by atoms with E-state index in [1.807, 2.05) is 11.8 Å². The fourth-order valence-electron chi connectivity index (χ4n) is 2.59. The number of amidine groups is 1. The molecule has 0 saturated heterocycles. The summed E-state index contributed by atoms with van der Waals surface area (Å²) in [4.78, 5) is 4.79. The number of rotatable bonds is 8. The third kappa shape index (κ3) is 5.67. The van der Waals surface area contributed by atoms with E-state index >= 15 is 0 Å². The van der Waals surface area contributed by atoms with E-state index in [-0.39, 0.29) is 0 Å². The molecule has 0 amide bonds. The summed E-state index contributed by atoms with van der Waals surface area (Å²) < 4.78 is 0. The van der Waals surface area contributed by atoms with Crippen molar-refractivity contribution >= 4 is 16.9 Å². The highest BCUT2D eigenvalue weighted by Gasteiger charge is 2.30. The standard InChI is InChI=1S/C17H34N2S/c1-6-9-10-11-16(4,5)12-18-15-19-13-17(7-2,8-3)14-20-15/h6-14H2,1-5H3,(H,18,19). The van der Waals surface area contributed by atoms with E-state index in [0.717, 1.165) is 13.1 Å². The van der Waals surface area contributed by atoms with Crippen molar-refractivity contribution in [1.29, 1.82) is 0 Å². The maximum absolute atomic E-state index is 4.79. The van der Waals surface area contributed by atoms with Gasteiger partial charge in [-0.15, -0.1) is 0 Å². The lowest BCUT2D eigenvalue weighted by molar-refractivity contribution is 0.312. The lowest BCUT2D eigenvalue weighted by Gasteiger charge is -2.34. The molecule has 2 nitrogen and oxygen atoms in total. The van der Waals surface area contributed by atoms with Gasteiger partial charge < -0.3 is 5.32 Å². The summed E-state index contributed by atoms with van der Waals surface area (Å²) in [5, 5.41) is 4.76. The van der Waals surface area contributed by atoms with Crippen LogP contribution in [0.5, 0.6) is 0 Å². The third-order valence-electron chi connectivity index (χ3n) is 4.75. The molecule has 0 radical (unpaired) electrons. The van der Waals surface area contributed by atoms with E-state index in [2.05, 4.69) is 39.9 Å². The number of nitrogens with one attached hydrogen (secondary N) is 1. The van der Waals surface area contributed by atoms with Crippen molar-refractivity contribution in [2.45, 2.75) is 73.1 Å². The summed E-state index contributed by atoms with van der Waals surface area (Å²) in [7, 11) is 0. The predicted molar refractivity (Wildman–Crippen MR) is 93.7 cm³/mol. The molecule has 118 valence electrons. The molecule has 1 N–H and O–H groups in total. The maximum atomic E-state index is 4.79. The molecule has 0 spiro atoms. The smallest absolute Gasteiger partial charge is 0.156 e. The van der Waals surface area contributed by atoms with Gasteiger partial charge in [0.1, 0.15) is 0 Å². The van der Waals surface area contributed by atoms with Crippen molar-refractivity contribution in [2.75, 3.05) is 18.8 Å². The molecule has 1 heterocycles. The largest absolute Gasteiger partial charge is 0.364 e. The van der Waals surface area contributed by atoms with Crippen molar-refractivity contribution in [3.63, 3.8) is 0 Å². The van der Waals surface area contributed by atoms with Crippen LogP contribution in [-0.2, 0) is 0 Å². The van der Waals surface area contributed by atoms with Gasteiger partial charge in [-0.05, 0) is 30.1 Å². The Morgan fingerprint density at radius 2 is 1.90 bits per heavy atom. The zero-order valence-corrected chi connectivity index (χ0v) is 15.0. The first kappa shape index (κ1) is 17.9. The first-order valence-corrected chi connectivity index (χ1v) is 9.36. The second-order valence-electron chi connectivity index (χ2n) is 7.09. The molecule has 0 aromatic heterocycles. The second kappa shape index (κ2) is 8.31. The lowest BCUT2D eigenvalue weighted by Crippen LogP contribution is -2.38. The van der Waals surface area contributed by atoms with E-state index in [1.54, 1.807) is 0 Å². The molecule has 1 rings (SSSR count). The summed E-state index contributed by atoms with van der Waals surface area (Å²) in [5.74, 6) is 1.22. The number of unbranched alkanes of at least 4 members (excludes halogenated alkanes) is 2. The van der Waals surface area contributed by atoms with Gasteiger partial charge in [0.25, 0.3) is 0 Å². The van der Waals surface area contributed by atoms with Crippen LogP contribution in [0.3, 0.4) is 0 Å². The molecule has 20 heavy (non-hydrogen) atoms. The van der Waals surface area contributed by atoms with Crippen molar-refractivity contribution in [3.05, 3.63) is 0 Å². The third-order valence-corrected chi connectivity index (χ3v) is 6.05. The molecule has 0 saturated carbocycles. The van der Waals surface area contributed by atoms with Gasteiger partial charge in [-0.2, -0.15) is 0 Å². The Hall–Kier alpha value is -0.180. The zero-order valence-electron chi connectivity index (χ0n) is 14.2. The van der Waals surface area contributed by atoms with Gasteiger partial charge in [0.15, 0.2) is 5.17 Å². The summed E-state index contributed by atoms with van der Waals surface area (Å²) in [6.07, 6.45) is 7.81. The molecule has 0 aliphatic carbocycles. The van der Waals surface area contributed by atoms with Crippen molar-refractivity contribution in [1.82, 2.24) is 5.32 Å². The van der Waals surface area contributed by atoms with E-state index in [4.69, 9.17) is 4.99 Å². The molecular formula is C17H34N2S. The molecule has 0 unspecified atom stereocenters. The number of thioether (sulfide) groups is 1. The van der Waals surface area contributed by atoms with Crippen LogP contribution < -0.4 is 5.32 Å². The van der Waals surface area contributed by atoms with Crippen LogP contribution in [0.4, 0.5) is 0 Å². The first-order valence-electron chi connectivity index (χ1n) is 8.38. The van der Waals surface area contributed by atoms with Crippen LogP contribution in [0.15, 0.2) is 4.99 Å². The Morgan fingerprint density at radius 3 is 2.40 bits per heavy atom. The van der Waals surface area contributed by atoms with Gasteiger partial charge in [-0.1, -0.05) is 65.6 Å². The molecule has 1 aliphatic heterocycles. The second-order valence-corrected chi connectivity index (χ2v) is 8.06. The highest BCUT2D eigenvalue weighted by atomic mass is 32.2. The van der Waals surface area contributed by atoms with Gasteiger partial charge in [0.2, 0.25) is 0 Å². The Balaban J connectivity index is 2.37. The van der Waals surface area contributed by atoms with Gasteiger partial charge in [-0.25, -0.2) is 0 Å². The van der Waals surface area contributed by atoms with Crippen LogP contribution in [-0.4, -0.2) is 24.0 Å². The average molecular weight is 299 g/mol. The number of hydrogen-bond acceptors (Lipinski definition) is 3. The minimum absolute atomic E-state index is 0.377. The lowest BCUT2D eigenvalue weighted by atomic mass is 9.84. The van der Waals surface area contributed by atoms with Crippen LogP contribution >= 0.6 is 11.8 Å². The number of aliphatic imine (C=N–C) groups is 1. The molecule has 0 atom stereocenters. The monoisotopic (exact) mass is 298 g/mol. The van der Waals surface area contributed by atoms with Crippen molar-refractivity contribution in [3.8, 4) is 0 Å². The fraction of sp³-hybridized carbons (Fsp3) is 0.941. The summed E-state index contributed by atoms with van der Waals surface area (Å²) in [6, 6.07) is 0. The highest BCUT2D eigenvalue weighted by Crippen LogP contribution is 2.35. The predicted octanol–water partition coefficient (Wildman–Crippen LogP) is 5.09. The zero-order chi connectivity index (χ0) is 15.1. The molecular weight excluding hydrogens is 264 g/mol.